The molecule has 0 spiro atoms. The van der Waals surface area contributed by atoms with E-state index in [-0.39, 0.29) is 7.35 Å². The number of hydrogen-bond acceptors (Lipinski definition) is 0. The number of allylic oxidation sites excluding steroid dienone is 2. The second-order valence-corrected chi connectivity index (χ2v) is 53.8. The summed E-state index contributed by atoms with van der Waals surface area (Å²) in [6.07, 6.45) is 8.87. The molecule has 0 saturated carbocycles. The van der Waals surface area contributed by atoms with Crippen molar-refractivity contribution in [2.75, 3.05) is 0 Å². The number of halogens is 2. The molecule has 3 aromatic rings. The van der Waals surface area contributed by atoms with E-state index in [1.54, 1.807) is 0 Å². The van der Waals surface area contributed by atoms with Crippen molar-refractivity contribution in [1.82, 2.24) is 0 Å². The van der Waals surface area contributed by atoms with E-state index in [9.17, 15) is 0 Å². The van der Waals surface area contributed by atoms with Gasteiger partial charge in [0.1, 0.15) is 0 Å². The minimum atomic E-state index is -5.39. The van der Waals surface area contributed by atoms with E-state index in [1.807, 2.05) is 6.07 Å². The number of hydrogen-bond donors (Lipinski definition) is 0. The molecule has 29 heavy (non-hydrogen) atoms. The van der Waals surface area contributed by atoms with Gasteiger partial charge in [0.15, 0.2) is 0 Å². The second-order valence-electron chi connectivity index (χ2n) is 8.96. The number of benzene rings is 3. The normalized spacial score (nSPS) is 21.9. The summed E-state index contributed by atoms with van der Waals surface area (Å²) < 4.78 is 4.46. The predicted octanol–water partition coefficient (Wildman–Crippen LogP) is 7.95. The summed E-state index contributed by atoms with van der Waals surface area (Å²) in [7, 11) is 16.1. The van der Waals surface area contributed by atoms with Crippen LogP contribution in [0.1, 0.15) is 35.2 Å². The zero-order valence-electron chi connectivity index (χ0n) is 16.3. The van der Waals surface area contributed by atoms with Crippen LogP contribution in [-0.2, 0) is 14.2 Å². The second kappa shape index (κ2) is 6.23. The van der Waals surface area contributed by atoms with E-state index in [0.717, 1.165) is 5.56 Å². The molecule has 0 amide bonds. The van der Waals surface area contributed by atoms with Gasteiger partial charge in [0.05, 0.1) is 0 Å². The van der Waals surface area contributed by atoms with E-state index in [1.165, 1.54) is 22.3 Å². The van der Waals surface area contributed by atoms with Crippen molar-refractivity contribution in [3.63, 3.8) is 0 Å². The molecule has 0 aliphatic heterocycles. The first-order valence-electron chi connectivity index (χ1n) is 10.1. The molecule has 2 aliphatic carbocycles. The summed E-state index contributed by atoms with van der Waals surface area (Å²) in [6, 6.07) is 27.4. The summed E-state index contributed by atoms with van der Waals surface area (Å²) in [5.74, 6) is 0. The van der Waals surface area contributed by atoms with Gasteiger partial charge in [-0.2, -0.15) is 0 Å². The van der Waals surface area contributed by atoms with Crippen molar-refractivity contribution in [3.05, 3.63) is 119 Å². The molecule has 0 fully saturated rings. The Balaban J connectivity index is 1.87. The van der Waals surface area contributed by atoms with Gasteiger partial charge in [-0.05, 0) is 0 Å². The molecule has 0 N–H and O–H groups in total. The average Bonchev–Trinajstić information content (AvgIpc) is 3.34. The molecule has 0 saturated heterocycles. The summed E-state index contributed by atoms with van der Waals surface area (Å²) >= 11 is -5.39. The first-order chi connectivity index (χ1) is 13.8. The van der Waals surface area contributed by atoms with Gasteiger partial charge in [-0.1, -0.05) is 0 Å². The molecule has 0 nitrogen and oxygen atoms in total. The zero-order valence-corrected chi connectivity index (χ0v) is 21.4. The van der Waals surface area contributed by atoms with Crippen LogP contribution < -0.4 is 0 Å². The van der Waals surface area contributed by atoms with Crippen LogP contribution in [0.2, 0.25) is 4.68 Å². The van der Waals surface area contributed by atoms with Crippen molar-refractivity contribution in [1.29, 1.82) is 0 Å². The third kappa shape index (κ3) is 2.93. The van der Waals surface area contributed by atoms with Gasteiger partial charge in [0, 0.05) is 0 Å². The monoisotopic (exact) mass is 585 g/mol. The Morgan fingerprint density at radius 1 is 0.655 bits per heavy atom. The van der Waals surface area contributed by atoms with E-state index in [0.29, 0.717) is 0 Å². The van der Waals surface area contributed by atoms with Gasteiger partial charge in [-0.25, -0.2) is 0 Å². The van der Waals surface area contributed by atoms with Crippen LogP contribution in [0.3, 0.4) is 0 Å². The number of fused-ring (bicyclic) bond motifs is 2. The Labute approximate surface area is 177 Å². The predicted molar refractivity (Wildman–Crippen MR) is 126 cm³/mol. The quantitative estimate of drug-likeness (QED) is 0.274. The maximum absolute atomic E-state index is 8.07. The Morgan fingerprint density at radius 2 is 1.10 bits per heavy atom. The summed E-state index contributed by atoms with van der Waals surface area (Å²) in [4.78, 5) is 0. The Hall–Kier alpha value is -1.54. The van der Waals surface area contributed by atoms with Crippen molar-refractivity contribution in [2.24, 2.45) is 0 Å². The van der Waals surface area contributed by atoms with Crippen molar-refractivity contribution < 1.29 is 14.2 Å². The van der Waals surface area contributed by atoms with Gasteiger partial charge >= 0.3 is 178 Å². The zero-order chi connectivity index (χ0) is 20.2. The molecule has 0 heterocycles. The first-order valence-corrected chi connectivity index (χ1v) is 28.8. The molecule has 2 atom stereocenters. The standard InChI is InChI=1S/2C9H7.C7H6.CH3.2ClH.Hf/c2*1-2-5-9-7-3-6-8(9)4-1;1-7-5-3-2-4-6-7;;;;/h2*1-7H;1-6H;1H3;2*1H;/q;;;;;;+2/p-2. The molecule has 0 bridgehead atoms. The molecule has 0 radical (unpaired) electrons. The van der Waals surface area contributed by atoms with Crippen molar-refractivity contribution >= 4 is 33.1 Å². The van der Waals surface area contributed by atoms with Gasteiger partial charge in [0.2, 0.25) is 0 Å². The van der Waals surface area contributed by atoms with E-state index in [4.69, 9.17) is 17.2 Å². The third-order valence-corrected chi connectivity index (χ3v) is 37.1. The number of rotatable bonds is 3. The van der Waals surface area contributed by atoms with Crippen LogP contribution in [0, 0.1) is 0 Å². The van der Waals surface area contributed by atoms with Crippen LogP contribution in [-0.4, -0.2) is 3.76 Å². The van der Waals surface area contributed by atoms with Gasteiger partial charge in [-0.15, -0.1) is 0 Å². The molecular weight excluding hydrogens is 562 g/mol. The third-order valence-electron chi connectivity index (χ3n) is 6.80. The first kappa shape index (κ1) is 19.4. The fourth-order valence-electron chi connectivity index (χ4n) is 5.37. The molecule has 0 aromatic heterocycles. The Morgan fingerprint density at radius 3 is 1.62 bits per heavy atom. The van der Waals surface area contributed by atoms with E-state index < -0.39 is 14.2 Å². The SMILES string of the molecule is [CH3][Hf]([Cl])([Cl])(=[CH]c1ccccc1)([CH]1C=Cc2ccccc21)[CH]1C=Cc2ccccc21. The molecule has 5 rings (SSSR count). The van der Waals surface area contributed by atoms with Crippen molar-refractivity contribution in [2.45, 2.75) is 12.0 Å². The molecular formula is C26H23Cl2Hf. The summed E-state index contributed by atoms with van der Waals surface area (Å²) in [5, 5.41) is 0. The maximum atomic E-state index is 8.07. The molecule has 145 valence electrons. The van der Waals surface area contributed by atoms with Crippen LogP contribution >= 0.6 is 17.2 Å². The molecule has 2 aliphatic rings. The van der Waals surface area contributed by atoms with Crippen LogP contribution in [0.15, 0.2) is 91.0 Å². The van der Waals surface area contributed by atoms with Gasteiger partial charge in [-0.3, -0.25) is 0 Å². The Kier molecular flexibility index (Phi) is 4.17. The topological polar surface area (TPSA) is 0 Å². The molecule has 3 heteroatoms. The van der Waals surface area contributed by atoms with Gasteiger partial charge < -0.3 is 0 Å². The minimum absolute atomic E-state index is 0.00875. The summed E-state index contributed by atoms with van der Waals surface area (Å²) in [5.41, 5.74) is 6.02. The Bertz CT molecular complexity index is 1190. The fraction of sp³-hybridized carbons (Fsp3) is 0.115. The van der Waals surface area contributed by atoms with Crippen molar-refractivity contribution in [3.8, 4) is 0 Å². The van der Waals surface area contributed by atoms with Crippen LogP contribution in [0.4, 0.5) is 0 Å². The fourth-order valence-corrected chi connectivity index (χ4v) is 33.6. The van der Waals surface area contributed by atoms with Crippen LogP contribution in [0.25, 0.3) is 12.2 Å². The average molecular weight is 585 g/mol. The van der Waals surface area contributed by atoms with Crippen LogP contribution in [0.5, 0.6) is 0 Å². The van der Waals surface area contributed by atoms with Gasteiger partial charge in [0.25, 0.3) is 0 Å². The summed E-state index contributed by atoms with van der Waals surface area (Å²) in [6.45, 7) is 0. The van der Waals surface area contributed by atoms with E-state index in [2.05, 4.69) is 106 Å². The molecule has 2 unspecified atom stereocenters. The molecule has 3 aromatic carbocycles. The van der Waals surface area contributed by atoms with E-state index >= 15 is 0 Å².